The molecule has 82 valence electrons. The molecule has 0 radical (unpaired) electrons. The van der Waals surface area contributed by atoms with Crippen molar-refractivity contribution in [3.63, 3.8) is 0 Å². The van der Waals surface area contributed by atoms with Gasteiger partial charge in [0, 0.05) is 30.2 Å². The zero-order valence-electron chi connectivity index (χ0n) is 8.96. The van der Waals surface area contributed by atoms with Crippen LogP contribution < -0.4 is 5.32 Å². The van der Waals surface area contributed by atoms with Gasteiger partial charge in [0.1, 0.15) is 0 Å². The highest BCUT2D eigenvalue weighted by Gasteiger charge is 2.10. The standard InChI is InChI=1S/C11H15BrN2O/c1-13-6-7-14(2)11(15)9-4-3-5-10(12)8-9/h3-5,8,13H,6-7H2,1-2H3. The van der Waals surface area contributed by atoms with E-state index in [0.717, 1.165) is 11.0 Å². The Kier molecular flexibility index (Phi) is 4.78. The van der Waals surface area contributed by atoms with E-state index in [2.05, 4.69) is 21.2 Å². The topological polar surface area (TPSA) is 32.3 Å². The molecule has 0 unspecified atom stereocenters. The van der Waals surface area contributed by atoms with Crippen molar-refractivity contribution in [3.05, 3.63) is 34.3 Å². The quantitative estimate of drug-likeness (QED) is 0.904. The van der Waals surface area contributed by atoms with Gasteiger partial charge in [0.15, 0.2) is 0 Å². The van der Waals surface area contributed by atoms with Gasteiger partial charge in [-0.2, -0.15) is 0 Å². The predicted molar refractivity (Wildman–Crippen MR) is 65.0 cm³/mol. The van der Waals surface area contributed by atoms with Gasteiger partial charge >= 0.3 is 0 Å². The fraction of sp³-hybridized carbons (Fsp3) is 0.364. The molecular weight excluding hydrogens is 256 g/mol. The lowest BCUT2D eigenvalue weighted by molar-refractivity contribution is 0.0797. The van der Waals surface area contributed by atoms with Crippen molar-refractivity contribution in [1.29, 1.82) is 0 Å². The number of benzene rings is 1. The number of halogens is 1. The van der Waals surface area contributed by atoms with E-state index in [1.54, 1.807) is 11.9 Å². The maximum absolute atomic E-state index is 11.9. The first-order valence-corrected chi connectivity index (χ1v) is 5.60. The summed E-state index contributed by atoms with van der Waals surface area (Å²) in [6.45, 7) is 1.51. The second-order valence-electron chi connectivity index (χ2n) is 3.34. The molecule has 0 bridgehead atoms. The molecule has 0 aliphatic rings. The molecular formula is C11H15BrN2O. The Morgan fingerprint density at radius 3 is 2.87 bits per heavy atom. The Morgan fingerprint density at radius 1 is 1.53 bits per heavy atom. The predicted octanol–water partition coefficient (Wildman–Crippen LogP) is 1.74. The minimum Gasteiger partial charge on any atom is -0.340 e. The highest BCUT2D eigenvalue weighted by Crippen LogP contribution is 2.12. The smallest absolute Gasteiger partial charge is 0.253 e. The summed E-state index contributed by atoms with van der Waals surface area (Å²) in [6, 6.07) is 7.43. The van der Waals surface area contributed by atoms with E-state index >= 15 is 0 Å². The molecule has 1 amide bonds. The molecule has 1 rings (SSSR count). The van der Waals surface area contributed by atoms with Crippen molar-refractivity contribution in [2.24, 2.45) is 0 Å². The number of hydrogen-bond donors (Lipinski definition) is 1. The average Bonchev–Trinajstić information content (AvgIpc) is 2.24. The van der Waals surface area contributed by atoms with Gasteiger partial charge in [-0.15, -0.1) is 0 Å². The second kappa shape index (κ2) is 5.88. The number of hydrogen-bond acceptors (Lipinski definition) is 2. The number of carbonyl (C=O) groups excluding carboxylic acids is 1. The number of likely N-dealkylation sites (N-methyl/N-ethyl adjacent to an activating group) is 2. The zero-order chi connectivity index (χ0) is 11.3. The zero-order valence-corrected chi connectivity index (χ0v) is 10.5. The van der Waals surface area contributed by atoms with Gasteiger partial charge in [0.2, 0.25) is 0 Å². The Labute approximate surface area is 98.6 Å². The van der Waals surface area contributed by atoms with E-state index in [4.69, 9.17) is 0 Å². The molecule has 0 saturated heterocycles. The van der Waals surface area contributed by atoms with E-state index in [-0.39, 0.29) is 5.91 Å². The molecule has 0 fully saturated rings. The molecule has 0 saturated carbocycles. The molecule has 4 heteroatoms. The van der Waals surface area contributed by atoms with E-state index in [1.807, 2.05) is 31.3 Å². The van der Waals surface area contributed by atoms with Gasteiger partial charge in [-0.1, -0.05) is 22.0 Å². The number of nitrogens with one attached hydrogen (secondary N) is 1. The molecule has 0 spiro atoms. The fourth-order valence-corrected chi connectivity index (χ4v) is 1.62. The van der Waals surface area contributed by atoms with Crippen molar-refractivity contribution < 1.29 is 4.79 Å². The second-order valence-corrected chi connectivity index (χ2v) is 4.26. The largest absolute Gasteiger partial charge is 0.340 e. The molecule has 15 heavy (non-hydrogen) atoms. The van der Waals surface area contributed by atoms with Crippen LogP contribution in [0.15, 0.2) is 28.7 Å². The Hall–Kier alpha value is -0.870. The lowest BCUT2D eigenvalue weighted by Gasteiger charge is -2.16. The summed E-state index contributed by atoms with van der Waals surface area (Å²) < 4.78 is 0.926. The van der Waals surface area contributed by atoms with E-state index in [9.17, 15) is 4.79 Å². The molecule has 0 aromatic heterocycles. The third-order valence-corrected chi connectivity index (χ3v) is 2.61. The number of carbonyl (C=O) groups is 1. The summed E-state index contributed by atoms with van der Waals surface area (Å²) in [5, 5.41) is 3.01. The molecule has 0 aliphatic heterocycles. The lowest BCUT2D eigenvalue weighted by Crippen LogP contribution is -2.32. The van der Waals surface area contributed by atoms with Gasteiger partial charge in [0.25, 0.3) is 5.91 Å². The van der Waals surface area contributed by atoms with Gasteiger partial charge in [-0.05, 0) is 25.2 Å². The molecule has 1 aromatic rings. The van der Waals surface area contributed by atoms with Crippen LogP contribution in [0.3, 0.4) is 0 Å². The van der Waals surface area contributed by atoms with Crippen molar-refractivity contribution >= 4 is 21.8 Å². The maximum atomic E-state index is 11.9. The van der Waals surface area contributed by atoms with Crippen LogP contribution in [0.2, 0.25) is 0 Å². The summed E-state index contributed by atoms with van der Waals surface area (Å²) in [5.41, 5.74) is 0.711. The summed E-state index contributed by atoms with van der Waals surface area (Å²) in [6.07, 6.45) is 0. The van der Waals surface area contributed by atoms with Crippen LogP contribution in [0.1, 0.15) is 10.4 Å². The van der Waals surface area contributed by atoms with Crippen LogP contribution in [0.4, 0.5) is 0 Å². The normalized spacial score (nSPS) is 10.1. The van der Waals surface area contributed by atoms with Crippen LogP contribution in [0.5, 0.6) is 0 Å². The Balaban J connectivity index is 2.67. The third-order valence-electron chi connectivity index (χ3n) is 2.12. The average molecular weight is 271 g/mol. The number of rotatable bonds is 4. The number of amides is 1. The summed E-state index contributed by atoms with van der Waals surface area (Å²) >= 11 is 3.35. The first kappa shape index (κ1) is 12.2. The van der Waals surface area contributed by atoms with Crippen LogP contribution in [-0.2, 0) is 0 Å². The van der Waals surface area contributed by atoms with E-state index in [0.29, 0.717) is 12.1 Å². The summed E-state index contributed by atoms with van der Waals surface area (Å²) in [7, 11) is 3.68. The minimum atomic E-state index is 0.0477. The molecule has 0 atom stereocenters. The summed E-state index contributed by atoms with van der Waals surface area (Å²) in [5.74, 6) is 0.0477. The monoisotopic (exact) mass is 270 g/mol. The van der Waals surface area contributed by atoms with Gasteiger partial charge in [-0.3, -0.25) is 4.79 Å². The molecule has 0 heterocycles. The number of nitrogens with zero attached hydrogens (tertiary/aromatic N) is 1. The highest BCUT2D eigenvalue weighted by molar-refractivity contribution is 9.10. The molecule has 1 aromatic carbocycles. The SMILES string of the molecule is CNCCN(C)C(=O)c1cccc(Br)c1. The van der Waals surface area contributed by atoms with Crippen LogP contribution >= 0.6 is 15.9 Å². The fourth-order valence-electron chi connectivity index (χ4n) is 1.22. The van der Waals surface area contributed by atoms with Crippen LogP contribution in [-0.4, -0.2) is 38.0 Å². The highest BCUT2D eigenvalue weighted by atomic mass is 79.9. The van der Waals surface area contributed by atoms with Crippen molar-refractivity contribution in [2.45, 2.75) is 0 Å². The van der Waals surface area contributed by atoms with Crippen molar-refractivity contribution in [1.82, 2.24) is 10.2 Å². The molecule has 1 N–H and O–H groups in total. The molecule has 0 aliphatic carbocycles. The van der Waals surface area contributed by atoms with Crippen LogP contribution in [0, 0.1) is 0 Å². The lowest BCUT2D eigenvalue weighted by atomic mass is 10.2. The van der Waals surface area contributed by atoms with Gasteiger partial charge < -0.3 is 10.2 Å². The van der Waals surface area contributed by atoms with Crippen LogP contribution in [0.25, 0.3) is 0 Å². The van der Waals surface area contributed by atoms with Gasteiger partial charge in [-0.25, -0.2) is 0 Å². The third kappa shape index (κ3) is 3.64. The first-order valence-electron chi connectivity index (χ1n) is 4.81. The van der Waals surface area contributed by atoms with Crippen molar-refractivity contribution in [2.75, 3.05) is 27.2 Å². The molecule has 3 nitrogen and oxygen atoms in total. The van der Waals surface area contributed by atoms with Crippen molar-refractivity contribution in [3.8, 4) is 0 Å². The van der Waals surface area contributed by atoms with E-state index < -0.39 is 0 Å². The van der Waals surface area contributed by atoms with Gasteiger partial charge in [0.05, 0.1) is 0 Å². The summed E-state index contributed by atoms with van der Waals surface area (Å²) in [4.78, 5) is 13.6. The maximum Gasteiger partial charge on any atom is 0.253 e. The first-order chi connectivity index (χ1) is 7.15. The Bertz CT molecular complexity index is 341. The Morgan fingerprint density at radius 2 is 2.27 bits per heavy atom. The minimum absolute atomic E-state index is 0.0477. The van der Waals surface area contributed by atoms with E-state index in [1.165, 1.54) is 0 Å².